The molecule has 0 amide bonds. The van der Waals surface area contributed by atoms with Gasteiger partial charge in [-0.05, 0) is 32.1 Å². The van der Waals surface area contributed by atoms with E-state index in [1.54, 1.807) is 6.20 Å². The lowest BCUT2D eigenvalue weighted by molar-refractivity contribution is 0.294. The zero-order chi connectivity index (χ0) is 12.0. The largest absolute Gasteiger partial charge is 0.397 e. The summed E-state index contributed by atoms with van der Waals surface area (Å²) >= 11 is 0. The first kappa shape index (κ1) is 12.8. The van der Waals surface area contributed by atoms with E-state index < -0.39 is 0 Å². The van der Waals surface area contributed by atoms with Crippen molar-refractivity contribution in [1.82, 2.24) is 9.88 Å². The first-order chi connectivity index (χ1) is 7.65. The highest BCUT2D eigenvalue weighted by atomic mass is 15.1. The summed E-state index contributed by atoms with van der Waals surface area (Å²) in [5.74, 6) is 0.883. The molecule has 0 saturated heterocycles. The zero-order valence-electron chi connectivity index (χ0n) is 10.4. The van der Waals surface area contributed by atoms with Gasteiger partial charge in [-0.1, -0.05) is 13.8 Å². The average Bonchev–Trinajstić information content (AvgIpc) is 2.29. The van der Waals surface area contributed by atoms with Gasteiger partial charge < -0.3 is 16.0 Å². The molecule has 1 aromatic heterocycles. The number of nitrogens with zero attached hydrogens (tertiary/aromatic N) is 2. The number of nitrogens with one attached hydrogen (secondary N) is 1. The Hall–Kier alpha value is -1.29. The smallest absolute Gasteiger partial charge is 0.126 e. The third kappa shape index (κ3) is 4.06. The molecule has 0 radical (unpaired) electrons. The van der Waals surface area contributed by atoms with Crippen molar-refractivity contribution >= 4 is 11.5 Å². The van der Waals surface area contributed by atoms with Gasteiger partial charge in [0.05, 0.1) is 11.9 Å². The highest BCUT2D eigenvalue weighted by Gasteiger charge is 2.07. The van der Waals surface area contributed by atoms with Crippen LogP contribution in [0.25, 0.3) is 0 Å². The maximum atomic E-state index is 5.58. The van der Waals surface area contributed by atoms with Gasteiger partial charge in [0, 0.05) is 12.6 Å². The van der Waals surface area contributed by atoms with E-state index in [0.717, 1.165) is 25.5 Å². The van der Waals surface area contributed by atoms with Crippen LogP contribution in [0.5, 0.6) is 0 Å². The minimum absolute atomic E-state index is 0.385. The van der Waals surface area contributed by atoms with Crippen LogP contribution in [-0.4, -0.2) is 35.6 Å². The van der Waals surface area contributed by atoms with Gasteiger partial charge in [0.1, 0.15) is 5.82 Å². The molecule has 0 spiro atoms. The predicted octanol–water partition coefficient (Wildman–Crippen LogP) is 1.81. The van der Waals surface area contributed by atoms with Gasteiger partial charge in [-0.2, -0.15) is 0 Å². The molecule has 0 bridgehead atoms. The second kappa shape index (κ2) is 6.33. The van der Waals surface area contributed by atoms with Gasteiger partial charge in [-0.25, -0.2) is 4.98 Å². The molecule has 90 valence electrons. The van der Waals surface area contributed by atoms with Crippen LogP contribution in [-0.2, 0) is 0 Å². The third-order valence-corrected chi connectivity index (χ3v) is 2.61. The molecule has 1 unspecified atom stereocenters. The Morgan fingerprint density at radius 1 is 1.38 bits per heavy atom. The lowest BCUT2D eigenvalue weighted by Crippen LogP contribution is -2.34. The van der Waals surface area contributed by atoms with Crippen molar-refractivity contribution in [2.24, 2.45) is 0 Å². The van der Waals surface area contributed by atoms with Gasteiger partial charge in [-0.3, -0.25) is 0 Å². The van der Waals surface area contributed by atoms with Crippen LogP contribution in [0.2, 0.25) is 0 Å². The Morgan fingerprint density at radius 2 is 2.06 bits per heavy atom. The van der Waals surface area contributed by atoms with Crippen molar-refractivity contribution in [3.63, 3.8) is 0 Å². The lowest BCUT2D eigenvalue weighted by atomic mass is 10.3. The van der Waals surface area contributed by atoms with Gasteiger partial charge in [-0.15, -0.1) is 0 Å². The Morgan fingerprint density at radius 3 is 2.56 bits per heavy atom. The molecule has 0 saturated carbocycles. The fourth-order valence-electron chi connectivity index (χ4n) is 1.66. The molecule has 0 fully saturated rings. The van der Waals surface area contributed by atoms with E-state index in [1.165, 1.54) is 0 Å². The van der Waals surface area contributed by atoms with Crippen molar-refractivity contribution < 1.29 is 0 Å². The summed E-state index contributed by atoms with van der Waals surface area (Å²) < 4.78 is 0. The predicted molar refractivity (Wildman–Crippen MR) is 69.5 cm³/mol. The minimum Gasteiger partial charge on any atom is -0.397 e. The van der Waals surface area contributed by atoms with E-state index in [2.05, 4.69) is 36.0 Å². The molecule has 4 heteroatoms. The third-order valence-electron chi connectivity index (χ3n) is 2.61. The number of hydrogen-bond donors (Lipinski definition) is 2. The fraction of sp³-hybridized carbons (Fsp3) is 0.583. The molecular formula is C12H22N4. The molecule has 0 aliphatic heterocycles. The number of anilines is 2. The van der Waals surface area contributed by atoms with E-state index in [0.29, 0.717) is 11.7 Å². The van der Waals surface area contributed by atoms with Crippen molar-refractivity contribution in [3.05, 3.63) is 18.3 Å². The van der Waals surface area contributed by atoms with E-state index in [4.69, 9.17) is 5.73 Å². The Balaban J connectivity index is 2.44. The maximum absolute atomic E-state index is 5.58. The van der Waals surface area contributed by atoms with Crippen LogP contribution in [0.3, 0.4) is 0 Å². The molecule has 1 heterocycles. The normalized spacial score (nSPS) is 12.8. The van der Waals surface area contributed by atoms with Crippen LogP contribution in [0.1, 0.15) is 20.8 Å². The number of rotatable bonds is 6. The van der Waals surface area contributed by atoms with Gasteiger partial charge in [0.2, 0.25) is 0 Å². The monoisotopic (exact) mass is 222 g/mol. The first-order valence-corrected chi connectivity index (χ1v) is 5.86. The van der Waals surface area contributed by atoms with E-state index in [-0.39, 0.29) is 0 Å². The van der Waals surface area contributed by atoms with Gasteiger partial charge in [0.15, 0.2) is 0 Å². The second-order valence-corrected chi connectivity index (χ2v) is 4.01. The lowest BCUT2D eigenvalue weighted by Gasteiger charge is -2.23. The maximum Gasteiger partial charge on any atom is 0.126 e. The number of aromatic nitrogens is 1. The van der Waals surface area contributed by atoms with Crippen molar-refractivity contribution in [3.8, 4) is 0 Å². The van der Waals surface area contributed by atoms with Crippen LogP contribution in [0.15, 0.2) is 18.3 Å². The highest BCUT2D eigenvalue weighted by Crippen LogP contribution is 2.07. The van der Waals surface area contributed by atoms with Crippen LogP contribution in [0, 0.1) is 0 Å². The number of nitrogens with two attached hydrogens (primary N) is 1. The van der Waals surface area contributed by atoms with Crippen molar-refractivity contribution in [2.45, 2.75) is 26.8 Å². The quantitative estimate of drug-likeness (QED) is 0.770. The molecule has 1 rings (SSSR count). The summed E-state index contributed by atoms with van der Waals surface area (Å²) in [6, 6.07) is 4.16. The standard InChI is InChI=1S/C12H22N4/c1-4-16(5-2)9-10(3)15-12-7-6-11(13)8-14-12/h6-8,10H,4-5,9,13H2,1-3H3,(H,14,15). The van der Waals surface area contributed by atoms with Crippen molar-refractivity contribution in [1.29, 1.82) is 0 Å². The summed E-state index contributed by atoms with van der Waals surface area (Å²) in [5, 5.41) is 3.36. The molecule has 1 atom stereocenters. The highest BCUT2D eigenvalue weighted by molar-refractivity contribution is 5.44. The van der Waals surface area contributed by atoms with Crippen molar-refractivity contribution in [2.75, 3.05) is 30.7 Å². The molecule has 0 aliphatic carbocycles. The summed E-state index contributed by atoms with van der Waals surface area (Å²) in [6.45, 7) is 9.71. The molecule has 0 aliphatic rings. The summed E-state index contributed by atoms with van der Waals surface area (Å²) in [5.41, 5.74) is 6.28. The van der Waals surface area contributed by atoms with E-state index in [9.17, 15) is 0 Å². The molecule has 1 aromatic rings. The second-order valence-electron chi connectivity index (χ2n) is 4.01. The van der Waals surface area contributed by atoms with Crippen LogP contribution < -0.4 is 11.1 Å². The number of hydrogen-bond acceptors (Lipinski definition) is 4. The summed E-state index contributed by atoms with van der Waals surface area (Å²) in [7, 11) is 0. The molecule has 16 heavy (non-hydrogen) atoms. The Kier molecular flexibility index (Phi) is 5.05. The van der Waals surface area contributed by atoms with Gasteiger partial charge in [0.25, 0.3) is 0 Å². The molecule has 3 N–H and O–H groups in total. The Labute approximate surface area is 97.9 Å². The Bertz CT molecular complexity index is 292. The zero-order valence-corrected chi connectivity index (χ0v) is 10.4. The molecular weight excluding hydrogens is 200 g/mol. The number of nitrogen functional groups attached to an aromatic ring is 1. The number of likely N-dealkylation sites (N-methyl/N-ethyl adjacent to an activating group) is 1. The molecule has 4 nitrogen and oxygen atoms in total. The van der Waals surface area contributed by atoms with Gasteiger partial charge >= 0.3 is 0 Å². The average molecular weight is 222 g/mol. The first-order valence-electron chi connectivity index (χ1n) is 5.86. The SMILES string of the molecule is CCN(CC)CC(C)Nc1ccc(N)cn1. The van der Waals surface area contributed by atoms with E-state index >= 15 is 0 Å². The van der Waals surface area contributed by atoms with Crippen LogP contribution in [0.4, 0.5) is 11.5 Å². The number of pyridine rings is 1. The summed E-state index contributed by atoms with van der Waals surface area (Å²) in [4.78, 5) is 6.61. The topological polar surface area (TPSA) is 54.2 Å². The van der Waals surface area contributed by atoms with Crippen LogP contribution >= 0.6 is 0 Å². The fourth-order valence-corrected chi connectivity index (χ4v) is 1.66. The molecule has 0 aromatic carbocycles. The minimum atomic E-state index is 0.385. The summed E-state index contributed by atoms with van der Waals surface area (Å²) in [6.07, 6.45) is 1.67. The van der Waals surface area contributed by atoms with E-state index in [1.807, 2.05) is 12.1 Å².